The van der Waals surface area contributed by atoms with Crippen LogP contribution in [0.25, 0.3) is 0 Å². The van der Waals surface area contributed by atoms with Crippen LogP contribution < -0.4 is 20.1 Å². The fraction of sp³-hybridized carbons (Fsp3) is 0.0952. The molecule has 0 aromatic heterocycles. The highest BCUT2D eigenvalue weighted by molar-refractivity contribution is 6.04. The largest absolute Gasteiger partial charge is 0.497 e. The van der Waals surface area contributed by atoms with E-state index in [4.69, 9.17) is 9.47 Å². The first-order chi connectivity index (χ1) is 12.7. The Kier molecular flexibility index (Phi) is 5.39. The van der Waals surface area contributed by atoms with E-state index in [1.807, 2.05) is 48.5 Å². The molecule has 0 radical (unpaired) electrons. The minimum absolute atomic E-state index is 0.166. The van der Waals surface area contributed by atoms with Crippen LogP contribution in [0.4, 0.5) is 17.1 Å². The van der Waals surface area contributed by atoms with Crippen molar-refractivity contribution in [3.05, 3.63) is 78.4 Å². The lowest BCUT2D eigenvalue weighted by atomic mass is 10.2. The average Bonchev–Trinajstić information content (AvgIpc) is 2.69. The van der Waals surface area contributed by atoms with Gasteiger partial charge in [0.25, 0.3) is 5.91 Å². The number of ether oxygens (including phenoxy) is 2. The van der Waals surface area contributed by atoms with Gasteiger partial charge in [0.15, 0.2) is 0 Å². The number of hydrogen-bond donors (Lipinski definition) is 2. The minimum atomic E-state index is -0.166. The molecular formula is C21H20N2O3. The first-order valence-corrected chi connectivity index (χ1v) is 8.14. The molecule has 0 saturated heterocycles. The number of anilines is 3. The third-order valence-electron chi connectivity index (χ3n) is 3.85. The molecule has 0 aliphatic heterocycles. The SMILES string of the molecule is COc1ccc(C(=O)Nc2ccc(Nc3cccc(OC)c3)cc2)cc1. The van der Waals surface area contributed by atoms with Crippen LogP contribution in [0.15, 0.2) is 72.8 Å². The second-order valence-corrected chi connectivity index (χ2v) is 5.62. The maximum absolute atomic E-state index is 12.3. The van der Waals surface area contributed by atoms with Crippen molar-refractivity contribution < 1.29 is 14.3 Å². The molecule has 5 heteroatoms. The Morgan fingerprint density at radius 3 is 2.04 bits per heavy atom. The zero-order chi connectivity index (χ0) is 18.4. The van der Waals surface area contributed by atoms with Crippen LogP contribution in [0.5, 0.6) is 11.5 Å². The molecule has 26 heavy (non-hydrogen) atoms. The van der Waals surface area contributed by atoms with Crippen molar-refractivity contribution in [2.24, 2.45) is 0 Å². The highest BCUT2D eigenvalue weighted by atomic mass is 16.5. The molecule has 0 aliphatic rings. The van der Waals surface area contributed by atoms with Gasteiger partial charge in [0.05, 0.1) is 14.2 Å². The Balaban J connectivity index is 1.64. The molecule has 0 heterocycles. The molecule has 0 spiro atoms. The van der Waals surface area contributed by atoms with E-state index in [-0.39, 0.29) is 5.91 Å². The maximum atomic E-state index is 12.3. The average molecular weight is 348 g/mol. The monoisotopic (exact) mass is 348 g/mol. The van der Waals surface area contributed by atoms with Gasteiger partial charge in [-0.1, -0.05) is 6.07 Å². The van der Waals surface area contributed by atoms with Crippen LogP contribution in [-0.2, 0) is 0 Å². The smallest absolute Gasteiger partial charge is 0.255 e. The second kappa shape index (κ2) is 8.07. The van der Waals surface area contributed by atoms with Crippen molar-refractivity contribution in [1.82, 2.24) is 0 Å². The zero-order valence-corrected chi connectivity index (χ0v) is 14.7. The number of carbonyl (C=O) groups is 1. The predicted molar refractivity (Wildman–Crippen MR) is 104 cm³/mol. The van der Waals surface area contributed by atoms with Gasteiger partial charge in [-0.3, -0.25) is 4.79 Å². The van der Waals surface area contributed by atoms with Crippen molar-refractivity contribution in [3.63, 3.8) is 0 Å². The Labute approximate surface area is 152 Å². The lowest BCUT2D eigenvalue weighted by Gasteiger charge is -2.10. The molecule has 0 aliphatic carbocycles. The fourth-order valence-electron chi connectivity index (χ4n) is 2.45. The Morgan fingerprint density at radius 1 is 0.731 bits per heavy atom. The second-order valence-electron chi connectivity index (χ2n) is 5.62. The van der Waals surface area contributed by atoms with Gasteiger partial charge < -0.3 is 20.1 Å². The number of rotatable bonds is 6. The molecule has 0 saturated carbocycles. The van der Waals surface area contributed by atoms with Gasteiger partial charge in [0.2, 0.25) is 0 Å². The molecule has 132 valence electrons. The molecule has 0 atom stereocenters. The third kappa shape index (κ3) is 4.33. The Hall–Kier alpha value is -3.47. The normalized spacial score (nSPS) is 10.1. The molecule has 0 bridgehead atoms. The van der Waals surface area contributed by atoms with Crippen molar-refractivity contribution in [2.45, 2.75) is 0 Å². The number of carbonyl (C=O) groups excluding carboxylic acids is 1. The van der Waals surface area contributed by atoms with E-state index in [0.29, 0.717) is 5.56 Å². The summed E-state index contributed by atoms with van der Waals surface area (Å²) in [6.45, 7) is 0. The van der Waals surface area contributed by atoms with E-state index in [1.165, 1.54) is 0 Å². The molecule has 0 unspecified atom stereocenters. The Morgan fingerprint density at radius 2 is 1.38 bits per heavy atom. The zero-order valence-electron chi connectivity index (χ0n) is 14.7. The fourth-order valence-corrected chi connectivity index (χ4v) is 2.45. The van der Waals surface area contributed by atoms with Crippen LogP contribution in [0.2, 0.25) is 0 Å². The summed E-state index contributed by atoms with van der Waals surface area (Å²) >= 11 is 0. The maximum Gasteiger partial charge on any atom is 0.255 e. The molecule has 2 N–H and O–H groups in total. The number of nitrogens with one attached hydrogen (secondary N) is 2. The first-order valence-electron chi connectivity index (χ1n) is 8.14. The van der Waals surface area contributed by atoms with Gasteiger partial charge >= 0.3 is 0 Å². The summed E-state index contributed by atoms with van der Waals surface area (Å²) in [6.07, 6.45) is 0. The van der Waals surface area contributed by atoms with Crippen LogP contribution >= 0.6 is 0 Å². The first kappa shape index (κ1) is 17.4. The van der Waals surface area contributed by atoms with E-state index >= 15 is 0 Å². The number of hydrogen-bond acceptors (Lipinski definition) is 4. The van der Waals surface area contributed by atoms with Gasteiger partial charge in [-0.25, -0.2) is 0 Å². The molecule has 3 aromatic rings. The van der Waals surface area contributed by atoms with E-state index in [2.05, 4.69) is 10.6 Å². The summed E-state index contributed by atoms with van der Waals surface area (Å²) in [5.74, 6) is 1.34. The van der Waals surface area contributed by atoms with Gasteiger partial charge in [0, 0.05) is 28.7 Å². The van der Waals surface area contributed by atoms with E-state index < -0.39 is 0 Å². The highest BCUT2D eigenvalue weighted by Gasteiger charge is 2.06. The van der Waals surface area contributed by atoms with Crippen LogP contribution in [0.1, 0.15) is 10.4 Å². The molecular weight excluding hydrogens is 328 g/mol. The van der Waals surface area contributed by atoms with Gasteiger partial charge in [-0.15, -0.1) is 0 Å². The number of methoxy groups -OCH3 is 2. The summed E-state index contributed by atoms with van der Waals surface area (Å²) in [4.78, 5) is 12.3. The third-order valence-corrected chi connectivity index (χ3v) is 3.85. The van der Waals surface area contributed by atoms with Crippen LogP contribution in [-0.4, -0.2) is 20.1 Å². The molecule has 5 nitrogen and oxygen atoms in total. The van der Waals surface area contributed by atoms with Gasteiger partial charge in [-0.05, 0) is 60.7 Å². The summed E-state index contributed by atoms with van der Waals surface area (Å²) in [6, 6.07) is 22.2. The molecule has 3 aromatic carbocycles. The topological polar surface area (TPSA) is 59.6 Å². The van der Waals surface area contributed by atoms with Crippen LogP contribution in [0, 0.1) is 0 Å². The number of benzene rings is 3. The summed E-state index contributed by atoms with van der Waals surface area (Å²) in [5.41, 5.74) is 3.14. The molecule has 3 rings (SSSR count). The molecule has 1 amide bonds. The minimum Gasteiger partial charge on any atom is -0.497 e. The van der Waals surface area contributed by atoms with Gasteiger partial charge in [0.1, 0.15) is 11.5 Å². The lowest BCUT2D eigenvalue weighted by Crippen LogP contribution is -2.11. The predicted octanol–water partition coefficient (Wildman–Crippen LogP) is 4.70. The van der Waals surface area contributed by atoms with Crippen molar-refractivity contribution in [2.75, 3.05) is 24.9 Å². The number of amides is 1. The highest BCUT2D eigenvalue weighted by Crippen LogP contribution is 2.22. The standard InChI is InChI=1S/C21H20N2O3/c1-25-19-12-6-15(7-13-19)21(24)23-17-10-8-16(9-11-17)22-18-4-3-5-20(14-18)26-2/h3-14,22H,1-2H3,(H,23,24). The van der Waals surface area contributed by atoms with Crippen molar-refractivity contribution in [3.8, 4) is 11.5 Å². The lowest BCUT2D eigenvalue weighted by molar-refractivity contribution is 0.102. The van der Waals surface area contributed by atoms with Gasteiger partial charge in [-0.2, -0.15) is 0 Å². The van der Waals surface area contributed by atoms with Crippen molar-refractivity contribution in [1.29, 1.82) is 0 Å². The van der Waals surface area contributed by atoms with Crippen LogP contribution in [0.3, 0.4) is 0 Å². The Bertz CT molecular complexity index is 875. The summed E-state index contributed by atoms with van der Waals surface area (Å²) in [7, 11) is 3.23. The van der Waals surface area contributed by atoms with E-state index in [9.17, 15) is 4.79 Å². The van der Waals surface area contributed by atoms with E-state index in [1.54, 1.807) is 38.5 Å². The summed E-state index contributed by atoms with van der Waals surface area (Å²) in [5, 5.41) is 6.17. The van der Waals surface area contributed by atoms with Crippen molar-refractivity contribution >= 4 is 23.0 Å². The molecule has 0 fully saturated rings. The van der Waals surface area contributed by atoms with E-state index in [0.717, 1.165) is 28.6 Å². The quantitative estimate of drug-likeness (QED) is 0.678. The summed E-state index contributed by atoms with van der Waals surface area (Å²) < 4.78 is 10.3.